The predicted octanol–water partition coefficient (Wildman–Crippen LogP) is 1.60. The number of non-ortho nitro benzene ring substituents is 1. The van der Waals surface area contributed by atoms with Crippen molar-refractivity contribution in [3.8, 4) is 0 Å². The number of hydrogen-bond acceptors (Lipinski definition) is 5. The summed E-state index contributed by atoms with van der Waals surface area (Å²) >= 11 is 0. The number of nitro benzene ring substituents is 1. The minimum atomic E-state index is -3.79. The molecule has 1 aromatic carbocycles. The number of nitrogens with zero attached hydrogens (tertiary/aromatic N) is 2. The lowest BCUT2D eigenvalue weighted by Gasteiger charge is -2.29. The number of rotatable bonds is 5. The van der Waals surface area contributed by atoms with Gasteiger partial charge in [-0.1, -0.05) is 6.42 Å². The molecular weight excluding hydrogens is 282 g/mol. The molecule has 2 N–H and O–H groups in total. The second-order valence-electron chi connectivity index (χ2n) is 5.06. The Morgan fingerprint density at radius 3 is 2.60 bits per heavy atom. The number of hydrogen-bond donors (Lipinski definition) is 1. The molecule has 8 heteroatoms. The van der Waals surface area contributed by atoms with E-state index in [1.807, 2.05) is 0 Å². The van der Waals surface area contributed by atoms with Crippen LogP contribution in [0.5, 0.6) is 0 Å². The van der Waals surface area contributed by atoms with E-state index in [1.165, 1.54) is 23.5 Å². The van der Waals surface area contributed by atoms with E-state index >= 15 is 0 Å². The summed E-state index contributed by atoms with van der Waals surface area (Å²) in [5.41, 5.74) is 5.40. The summed E-state index contributed by atoms with van der Waals surface area (Å²) in [5, 5.41) is 10.8. The Morgan fingerprint density at radius 1 is 1.45 bits per heavy atom. The SMILES string of the molecule is CN(CC1CCC1)S(=O)(=O)c1cc([N+](=O)[O-])ccc1N. The van der Waals surface area contributed by atoms with Crippen LogP contribution in [0, 0.1) is 16.0 Å². The highest BCUT2D eigenvalue weighted by molar-refractivity contribution is 7.89. The highest BCUT2D eigenvalue weighted by atomic mass is 32.2. The zero-order valence-electron chi connectivity index (χ0n) is 11.2. The van der Waals surface area contributed by atoms with Crippen LogP contribution in [0.4, 0.5) is 11.4 Å². The van der Waals surface area contributed by atoms with Crippen molar-refractivity contribution in [2.24, 2.45) is 5.92 Å². The van der Waals surface area contributed by atoms with Crippen LogP contribution in [0.25, 0.3) is 0 Å². The second kappa shape index (κ2) is 5.37. The normalized spacial score (nSPS) is 16.1. The van der Waals surface area contributed by atoms with E-state index in [1.54, 1.807) is 0 Å². The molecule has 110 valence electrons. The largest absolute Gasteiger partial charge is 0.398 e. The summed E-state index contributed by atoms with van der Waals surface area (Å²) in [6.45, 7) is 0.421. The van der Waals surface area contributed by atoms with Crippen molar-refractivity contribution >= 4 is 21.4 Å². The minimum absolute atomic E-state index is 0.0241. The van der Waals surface area contributed by atoms with Crippen LogP contribution in [0.1, 0.15) is 19.3 Å². The summed E-state index contributed by atoms with van der Waals surface area (Å²) in [7, 11) is -2.31. The number of nitro groups is 1. The van der Waals surface area contributed by atoms with Crippen LogP contribution in [0.3, 0.4) is 0 Å². The second-order valence-corrected chi connectivity index (χ2v) is 7.08. The first-order chi connectivity index (χ1) is 9.32. The van der Waals surface area contributed by atoms with Crippen molar-refractivity contribution < 1.29 is 13.3 Å². The highest BCUT2D eigenvalue weighted by Gasteiger charge is 2.29. The third kappa shape index (κ3) is 2.75. The van der Waals surface area contributed by atoms with Crippen LogP contribution >= 0.6 is 0 Å². The van der Waals surface area contributed by atoms with Gasteiger partial charge in [0.25, 0.3) is 5.69 Å². The molecule has 2 rings (SSSR count). The molecule has 1 aromatic rings. The van der Waals surface area contributed by atoms with Crippen molar-refractivity contribution in [1.29, 1.82) is 0 Å². The Hall–Kier alpha value is -1.67. The van der Waals surface area contributed by atoms with Gasteiger partial charge in [0.2, 0.25) is 10.0 Å². The van der Waals surface area contributed by atoms with Crippen molar-refractivity contribution in [3.63, 3.8) is 0 Å². The number of benzene rings is 1. The van der Waals surface area contributed by atoms with Gasteiger partial charge in [0.1, 0.15) is 4.90 Å². The Kier molecular flexibility index (Phi) is 3.96. The molecule has 0 unspecified atom stereocenters. The fraction of sp³-hybridized carbons (Fsp3) is 0.500. The van der Waals surface area contributed by atoms with Gasteiger partial charge in [0.05, 0.1) is 10.6 Å². The lowest BCUT2D eigenvalue weighted by atomic mass is 9.86. The van der Waals surface area contributed by atoms with E-state index in [9.17, 15) is 18.5 Å². The quantitative estimate of drug-likeness (QED) is 0.505. The van der Waals surface area contributed by atoms with Crippen molar-refractivity contribution in [2.75, 3.05) is 19.3 Å². The van der Waals surface area contributed by atoms with Gasteiger partial charge in [-0.3, -0.25) is 10.1 Å². The minimum Gasteiger partial charge on any atom is -0.398 e. The maximum absolute atomic E-state index is 12.4. The lowest BCUT2D eigenvalue weighted by molar-refractivity contribution is -0.385. The topological polar surface area (TPSA) is 107 Å². The van der Waals surface area contributed by atoms with Gasteiger partial charge < -0.3 is 5.73 Å². The zero-order valence-corrected chi connectivity index (χ0v) is 12.0. The summed E-state index contributed by atoms with van der Waals surface area (Å²) in [5.74, 6) is 0.370. The van der Waals surface area contributed by atoms with E-state index in [-0.39, 0.29) is 16.3 Å². The van der Waals surface area contributed by atoms with E-state index in [0.29, 0.717) is 12.5 Å². The Morgan fingerprint density at radius 2 is 2.10 bits per heavy atom. The number of sulfonamides is 1. The average Bonchev–Trinajstić information content (AvgIpc) is 2.33. The summed E-state index contributed by atoms with van der Waals surface area (Å²) in [6, 6.07) is 3.46. The molecule has 1 aliphatic carbocycles. The molecule has 0 aliphatic heterocycles. The maximum atomic E-state index is 12.4. The van der Waals surface area contributed by atoms with Gasteiger partial charge in [-0.15, -0.1) is 0 Å². The van der Waals surface area contributed by atoms with E-state index in [0.717, 1.165) is 25.3 Å². The monoisotopic (exact) mass is 299 g/mol. The van der Waals surface area contributed by atoms with Gasteiger partial charge in [-0.05, 0) is 24.8 Å². The molecule has 0 amide bonds. The van der Waals surface area contributed by atoms with E-state index < -0.39 is 14.9 Å². The van der Waals surface area contributed by atoms with Gasteiger partial charge in [0.15, 0.2) is 0 Å². The van der Waals surface area contributed by atoms with Gasteiger partial charge >= 0.3 is 0 Å². The molecule has 20 heavy (non-hydrogen) atoms. The van der Waals surface area contributed by atoms with Gasteiger partial charge in [-0.25, -0.2) is 12.7 Å². The predicted molar refractivity (Wildman–Crippen MR) is 74.7 cm³/mol. The van der Waals surface area contributed by atoms with E-state index in [4.69, 9.17) is 5.73 Å². The van der Waals surface area contributed by atoms with E-state index in [2.05, 4.69) is 0 Å². The van der Waals surface area contributed by atoms with Gasteiger partial charge in [0, 0.05) is 25.7 Å². The molecule has 0 saturated heterocycles. The van der Waals surface area contributed by atoms with Crippen LogP contribution in [0.15, 0.2) is 23.1 Å². The molecule has 0 aromatic heterocycles. The van der Waals surface area contributed by atoms with Crippen molar-refractivity contribution in [2.45, 2.75) is 24.2 Å². The molecule has 7 nitrogen and oxygen atoms in total. The first kappa shape index (κ1) is 14.7. The Bertz CT molecular complexity index is 626. The molecule has 0 bridgehead atoms. The Labute approximate surface area is 117 Å². The molecule has 1 saturated carbocycles. The molecule has 0 spiro atoms. The van der Waals surface area contributed by atoms with Crippen LogP contribution in [-0.2, 0) is 10.0 Å². The molecule has 0 atom stereocenters. The Balaban J connectivity index is 2.32. The number of nitrogens with two attached hydrogens (primary N) is 1. The fourth-order valence-corrected chi connectivity index (χ4v) is 3.54. The van der Waals surface area contributed by atoms with Crippen molar-refractivity contribution in [1.82, 2.24) is 4.31 Å². The van der Waals surface area contributed by atoms with Crippen molar-refractivity contribution in [3.05, 3.63) is 28.3 Å². The average molecular weight is 299 g/mol. The summed E-state index contributed by atoms with van der Waals surface area (Å²) in [4.78, 5) is 9.92. The van der Waals surface area contributed by atoms with Crippen LogP contribution in [-0.4, -0.2) is 31.2 Å². The highest BCUT2D eigenvalue weighted by Crippen LogP contribution is 2.30. The summed E-state index contributed by atoms with van der Waals surface area (Å²) < 4.78 is 26.1. The smallest absolute Gasteiger partial charge is 0.270 e. The molecular formula is C12H17N3O4S. The standard InChI is InChI=1S/C12H17N3O4S/c1-14(8-9-3-2-4-9)20(18,19)12-7-10(15(16)17)5-6-11(12)13/h5-7,9H,2-4,8,13H2,1H3. The first-order valence-corrected chi connectivity index (χ1v) is 7.76. The maximum Gasteiger partial charge on any atom is 0.270 e. The molecule has 1 fully saturated rings. The lowest BCUT2D eigenvalue weighted by Crippen LogP contribution is -2.34. The third-order valence-corrected chi connectivity index (χ3v) is 5.52. The van der Waals surface area contributed by atoms with Gasteiger partial charge in [-0.2, -0.15) is 0 Å². The van der Waals surface area contributed by atoms with Crippen LogP contribution < -0.4 is 5.73 Å². The first-order valence-electron chi connectivity index (χ1n) is 6.32. The zero-order chi connectivity index (χ0) is 14.9. The molecule has 1 aliphatic rings. The fourth-order valence-electron chi connectivity index (χ4n) is 2.17. The third-order valence-electron chi connectivity index (χ3n) is 3.64. The number of anilines is 1. The summed E-state index contributed by atoms with van der Waals surface area (Å²) in [6.07, 6.45) is 3.16. The molecule has 0 radical (unpaired) electrons. The number of nitrogen functional groups attached to an aromatic ring is 1. The van der Waals surface area contributed by atoms with Crippen LogP contribution in [0.2, 0.25) is 0 Å². The molecule has 0 heterocycles.